The summed E-state index contributed by atoms with van der Waals surface area (Å²) in [6, 6.07) is -1.37. The van der Waals surface area contributed by atoms with E-state index in [4.69, 9.17) is 16.2 Å². The number of amides is 2. The number of imide groups is 1. The maximum absolute atomic E-state index is 12.9. The Bertz CT molecular complexity index is 850. The topological polar surface area (TPSA) is 229 Å². The van der Waals surface area contributed by atoms with Gasteiger partial charge in [0.1, 0.15) is 36.7 Å². The molecule has 3 heterocycles. The van der Waals surface area contributed by atoms with Crippen molar-refractivity contribution in [3.8, 4) is 0 Å². The number of aliphatic hydroxyl groups is 4. The Morgan fingerprint density at radius 1 is 1.42 bits per heavy atom. The number of carbonyl (C=O) groups is 2. The number of fused-ring (bicyclic) bond motifs is 1. The van der Waals surface area contributed by atoms with Gasteiger partial charge in [-0.2, -0.15) is 0 Å². The van der Waals surface area contributed by atoms with Crippen molar-refractivity contribution in [1.82, 2.24) is 10.2 Å². The fourth-order valence-electron chi connectivity index (χ4n) is 3.25. The molecular weight excluding hydrogens is 434 g/mol. The average Bonchev–Trinajstić information content (AvgIpc) is 3.28. The van der Waals surface area contributed by atoms with E-state index in [0.717, 1.165) is 11.8 Å². The van der Waals surface area contributed by atoms with Crippen LogP contribution in [-0.2, 0) is 14.3 Å². The van der Waals surface area contributed by atoms with E-state index < -0.39 is 60.8 Å². The molecule has 14 nitrogen and oxygen atoms in total. The second-order valence-electron chi connectivity index (χ2n) is 7.23. The highest BCUT2D eigenvalue weighted by Crippen LogP contribution is 2.30. The third-order valence-corrected chi connectivity index (χ3v) is 5.66. The molecule has 0 aromatic heterocycles. The van der Waals surface area contributed by atoms with Gasteiger partial charge < -0.3 is 35.8 Å². The summed E-state index contributed by atoms with van der Waals surface area (Å²) in [5.74, 6) is -1.91. The first kappa shape index (κ1) is 23.7. The zero-order valence-corrected chi connectivity index (χ0v) is 17.6. The van der Waals surface area contributed by atoms with Gasteiger partial charge >= 0.3 is 0 Å². The fourth-order valence-corrected chi connectivity index (χ4v) is 3.66. The first-order valence-corrected chi connectivity index (χ1v) is 10.5. The van der Waals surface area contributed by atoms with E-state index >= 15 is 0 Å². The second-order valence-corrected chi connectivity index (χ2v) is 8.01. The minimum Gasteiger partial charge on any atom is -0.394 e. The third kappa shape index (κ3) is 4.10. The van der Waals surface area contributed by atoms with Crippen molar-refractivity contribution in [2.45, 2.75) is 49.3 Å². The smallest absolute Gasteiger partial charge is 0.275 e. The lowest BCUT2D eigenvalue weighted by molar-refractivity contribution is -0.133. The molecule has 3 rings (SSSR count). The maximum atomic E-state index is 12.9. The van der Waals surface area contributed by atoms with Gasteiger partial charge in [-0.05, 0) is 13.2 Å². The van der Waals surface area contributed by atoms with Crippen LogP contribution in [0.4, 0.5) is 0 Å². The molecule has 9 N–H and O–H groups in total. The number of aliphatic imine (C=N–C) groups is 3. The standard InChI is InChI=1S/C16H25N7O7S/c1-5(25)7(17)12(28)21-14(29)16(18)10-11(20-15(22-16)31-2)23(4-19-10)13-9(27)8(26)6(3-24)30-13/h5-9,13,24-27H,3-4,17-18H2,1-2H3,(H,21,28,29)/t5-,6-,7+,8-,9-,13-,16?/m1/s1. The summed E-state index contributed by atoms with van der Waals surface area (Å²) in [5, 5.41) is 41.3. The Hall–Kier alpha value is -1.98. The number of nitrogens with zero attached hydrogens (tertiary/aromatic N) is 4. The van der Waals surface area contributed by atoms with Crippen LogP contribution in [0, 0.1) is 0 Å². The number of rotatable bonds is 5. The van der Waals surface area contributed by atoms with Crippen LogP contribution in [0.3, 0.4) is 0 Å². The quantitative estimate of drug-likeness (QED) is 0.206. The number of thioether (sulfide) groups is 1. The highest BCUT2D eigenvalue weighted by molar-refractivity contribution is 8.13. The van der Waals surface area contributed by atoms with Crippen LogP contribution in [0.15, 0.2) is 15.0 Å². The molecule has 0 bridgehead atoms. The van der Waals surface area contributed by atoms with Gasteiger partial charge in [-0.3, -0.25) is 25.6 Å². The van der Waals surface area contributed by atoms with Gasteiger partial charge in [-0.1, -0.05) is 11.8 Å². The monoisotopic (exact) mass is 459 g/mol. The Morgan fingerprint density at radius 3 is 2.65 bits per heavy atom. The van der Waals surface area contributed by atoms with Crippen LogP contribution >= 0.6 is 11.8 Å². The lowest BCUT2D eigenvalue weighted by Gasteiger charge is -2.32. The molecule has 0 spiro atoms. The zero-order valence-electron chi connectivity index (χ0n) is 16.7. The van der Waals surface area contributed by atoms with Crippen LogP contribution < -0.4 is 16.8 Å². The molecule has 1 unspecified atom stereocenters. The summed E-state index contributed by atoms with van der Waals surface area (Å²) >= 11 is 1.07. The van der Waals surface area contributed by atoms with Gasteiger partial charge in [-0.25, -0.2) is 9.98 Å². The van der Waals surface area contributed by atoms with Crippen LogP contribution in [0.1, 0.15) is 6.92 Å². The molecular formula is C16H25N7O7S. The van der Waals surface area contributed by atoms with Crippen LogP contribution in [0.25, 0.3) is 0 Å². The lowest BCUT2D eigenvalue weighted by atomic mass is 10.0. The van der Waals surface area contributed by atoms with Gasteiger partial charge in [0.05, 0.1) is 12.7 Å². The molecule has 1 fully saturated rings. The summed E-state index contributed by atoms with van der Waals surface area (Å²) in [6.07, 6.45) is -4.44. The molecule has 3 aliphatic heterocycles. The molecule has 31 heavy (non-hydrogen) atoms. The number of hydrogen-bond acceptors (Lipinski definition) is 14. The zero-order chi connectivity index (χ0) is 23.1. The van der Waals surface area contributed by atoms with E-state index in [-0.39, 0.29) is 23.4 Å². The van der Waals surface area contributed by atoms with Crippen LogP contribution in [-0.4, -0.2) is 116 Å². The average molecular weight is 459 g/mol. The molecule has 3 aliphatic rings. The summed E-state index contributed by atoms with van der Waals surface area (Å²) in [6.45, 7) is 0.642. The maximum Gasteiger partial charge on any atom is 0.275 e. The van der Waals surface area contributed by atoms with E-state index in [2.05, 4.69) is 15.0 Å². The predicted octanol–water partition coefficient (Wildman–Crippen LogP) is -4.72. The number of carbonyl (C=O) groups excluding carboxylic acids is 2. The van der Waals surface area contributed by atoms with Gasteiger partial charge in [-0.15, -0.1) is 0 Å². The normalized spacial score (nSPS) is 34.5. The minimum atomic E-state index is -2.14. The van der Waals surface area contributed by atoms with Gasteiger partial charge in [0.25, 0.3) is 5.91 Å². The molecule has 1 saturated heterocycles. The summed E-state index contributed by atoms with van der Waals surface area (Å²) in [5.41, 5.74) is 9.58. The molecule has 15 heteroatoms. The molecule has 2 amide bonds. The number of amidine groups is 2. The van der Waals surface area contributed by atoms with Crippen molar-refractivity contribution in [1.29, 1.82) is 0 Å². The summed E-state index contributed by atoms with van der Waals surface area (Å²) < 4.78 is 5.52. The number of hydrogen-bond donors (Lipinski definition) is 7. The van der Waals surface area contributed by atoms with Gasteiger partial charge in [0.15, 0.2) is 17.2 Å². The number of aliphatic hydroxyl groups excluding tert-OH is 4. The molecule has 0 radical (unpaired) electrons. The SMILES string of the molecule is CSC1=NC(N)(C(=O)NC(=O)[C@@H](N)[C@@H](C)O)C2=NCN([C@@H]3O[C@H](CO)[C@@H](O)[C@H]3O)C2=N1. The number of nitrogens with one attached hydrogen (secondary N) is 1. The van der Waals surface area contributed by atoms with Crippen molar-refractivity contribution in [2.24, 2.45) is 26.4 Å². The van der Waals surface area contributed by atoms with Gasteiger partial charge in [0, 0.05) is 0 Å². The van der Waals surface area contributed by atoms with Crippen molar-refractivity contribution in [3.05, 3.63) is 0 Å². The van der Waals surface area contributed by atoms with Crippen LogP contribution in [0.2, 0.25) is 0 Å². The molecule has 0 aromatic rings. The summed E-state index contributed by atoms with van der Waals surface area (Å²) in [7, 11) is 0. The van der Waals surface area contributed by atoms with Crippen molar-refractivity contribution < 1.29 is 34.8 Å². The third-order valence-electron chi connectivity index (χ3n) is 5.11. The molecule has 0 saturated carbocycles. The fraction of sp³-hybridized carbons (Fsp3) is 0.688. The van der Waals surface area contributed by atoms with E-state index in [1.807, 2.05) is 5.32 Å². The highest BCUT2D eigenvalue weighted by atomic mass is 32.2. The van der Waals surface area contributed by atoms with E-state index in [0.29, 0.717) is 0 Å². The van der Waals surface area contributed by atoms with Crippen molar-refractivity contribution in [3.63, 3.8) is 0 Å². The van der Waals surface area contributed by atoms with Crippen molar-refractivity contribution >= 4 is 40.3 Å². The van der Waals surface area contributed by atoms with Crippen molar-refractivity contribution in [2.75, 3.05) is 19.5 Å². The molecule has 7 atom stereocenters. The first-order chi connectivity index (χ1) is 14.5. The number of nitrogens with two attached hydrogens (primary N) is 2. The van der Waals surface area contributed by atoms with Gasteiger partial charge in [0.2, 0.25) is 11.6 Å². The largest absolute Gasteiger partial charge is 0.394 e. The Balaban J connectivity index is 1.88. The first-order valence-electron chi connectivity index (χ1n) is 9.29. The minimum absolute atomic E-state index is 0.0686. The van der Waals surface area contributed by atoms with E-state index in [9.17, 15) is 30.0 Å². The molecule has 0 aromatic carbocycles. The highest BCUT2D eigenvalue weighted by Gasteiger charge is 2.53. The van der Waals surface area contributed by atoms with E-state index in [1.54, 1.807) is 6.26 Å². The number of ether oxygens (including phenoxy) is 1. The Kier molecular flexibility index (Phi) is 6.78. The van der Waals surface area contributed by atoms with E-state index in [1.165, 1.54) is 11.8 Å². The molecule has 0 aliphatic carbocycles. The summed E-state index contributed by atoms with van der Waals surface area (Å²) in [4.78, 5) is 39.0. The molecule has 172 valence electrons. The van der Waals surface area contributed by atoms with Crippen LogP contribution in [0.5, 0.6) is 0 Å². The Morgan fingerprint density at radius 2 is 2.10 bits per heavy atom. The predicted molar refractivity (Wildman–Crippen MR) is 110 cm³/mol. The Labute approximate surface area is 181 Å². The lowest BCUT2D eigenvalue weighted by Crippen LogP contribution is -2.65. The second kappa shape index (κ2) is 8.87.